The van der Waals surface area contributed by atoms with Gasteiger partial charge in [0.2, 0.25) is 0 Å². The first-order valence-corrected chi connectivity index (χ1v) is 6.89. The van der Waals surface area contributed by atoms with Crippen LogP contribution in [-0.2, 0) is 0 Å². The molecule has 1 aromatic rings. The molecule has 18 heavy (non-hydrogen) atoms. The molecule has 0 aliphatic carbocycles. The molecule has 2 heterocycles. The first kappa shape index (κ1) is 13.3. The van der Waals surface area contributed by atoms with Crippen molar-refractivity contribution in [1.82, 2.24) is 15.2 Å². The molecule has 3 N–H and O–H groups in total. The highest BCUT2D eigenvalue weighted by molar-refractivity contribution is 5.41. The van der Waals surface area contributed by atoms with Crippen molar-refractivity contribution in [2.24, 2.45) is 5.92 Å². The van der Waals surface area contributed by atoms with Crippen molar-refractivity contribution < 1.29 is 0 Å². The van der Waals surface area contributed by atoms with Crippen LogP contribution in [-0.4, -0.2) is 36.1 Å². The maximum atomic E-state index is 6.07. The van der Waals surface area contributed by atoms with E-state index in [1.165, 1.54) is 5.56 Å². The van der Waals surface area contributed by atoms with Gasteiger partial charge in [-0.1, -0.05) is 26.3 Å². The summed E-state index contributed by atoms with van der Waals surface area (Å²) in [4.78, 5) is 6.79. The van der Waals surface area contributed by atoms with Crippen LogP contribution in [0.3, 0.4) is 0 Å². The Hall–Kier alpha value is -1.13. The predicted octanol–water partition coefficient (Wildman–Crippen LogP) is 1.66. The minimum Gasteiger partial charge on any atom is -0.383 e. The van der Waals surface area contributed by atoms with Gasteiger partial charge in [-0.25, -0.2) is 4.98 Å². The Bertz CT molecular complexity index is 374. The fourth-order valence-corrected chi connectivity index (χ4v) is 2.73. The molecule has 1 aliphatic heterocycles. The quantitative estimate of drug-likeness (QED) is 0.851. The van der Waals surface area contributed by atoms with Gasteiger partial charge in [0, 0.05) is 44.0 Å². The maximum Gasteiger partial charge on any atom is 0.128 e. The van der Waals surface area contributed by atoms with Gasteiger partial charge in [-0.2, -0.15) is 0 Å². The number of nitrogens with two attached hydrogens (primary N) is 1. The van der Waals surface area contributed by atoms with Crippen LogP contribution in [0.15, 0.2) is 18.3 Å². The molecule has 1 unspecified atom stereocenters. The Morgan fingerprint density at radius 3 is 2.78 bits per heavy atom. The smallest absolute Gasteiger partial charge is 0.128 e. The molecule has 2 rings (SSSR count). The first-order valence-electron chi connectivity index (χ1n) is 6.89. The summed E-state index contributed by atoms with van der Waals surface area (Å²) < 4.78 is 0. The third kappa shape index (κ3) is 2.82. The lowest BCUT2D eigenvalue weighted by Crippen LogP contribution is -2.46. The summed E-state index contributed by atoms with van der Waals surface area (Å²) in [6.45, 7) is 8.85. The highest BCUT2D eigenvalue weighted by Gasteiger charge is 2.27. The van der Waals surface area contributed by atoms with Crippen molar-refractivity contribution in [3.63, 3.8) is 0 Å². The van der Waals surface area contributed by atoms with E-state index < -0.39 is 0 Å². The van der Waals surface area contributed by atoms with Gasteiger partial charge in [-0.15, -0.1) is 0 Å². The van der Waals surface area contributed by atoms with E-state index in [1.807, 2.05) is 6.07 Å². The zero-order chi connectivity index (χ0) is 13.0. The van der Waals surface area contributed by atoms with Crippen LogP contribution in [0.2, 0.25) is 0 Å². The van der Waals surface area contributed by atoms with E-state index in [1.54, 1.807) is 6.20 Å². The highest BCUT2D eigenvalue weighted by atomic mass is 15.2. The zero-order valence-electron chi connectivity index (χ0n) is 11.4. The Morgan fingerprint density at radius 2 is 2.17 bits per heavy atom. The summed E-state index contributed by atoms with van der Waals surface area (Å²) in [7, 11) is 0. The number of piperazine rings is 1. The lowest BCUT2D eigenvalue weighted by Gasteiger charge is -2.38. The number of hydrogen-bond acceptors (Lipinski definition) is 4. The number of anilines is 1. The normalized spacial score (nSPS) is 20.6. The van der Waals surface area contributed by atoms with Crippen LogP contribution < -0.4 is 11.1 Å². The molecule has 4 heteroatoms. The molecule has 0 aromatic carbocycles. The number of rotatable bonds is 4. The van der Waals surface area contributed by atoms with Crippen LogP contribution in [0.25, 0.3) is 0 Å². The van der Waals surface area contributed by atoms with Crippen LogP contribution in [0.5, 0.6) is 0 Å². The monoisotopic (exact) mass is 248 g/mol. The van der Waals surface area contributed by atoms with Crippen molar-refractivity contribution >= 4 is 5.82 Å². The number of aromatic nitrogens is 1. The van der Waals surface area contributed by atoms with Gasteiger partial charge in [-0.3, -0.25) is 4.90 Å². The van der Waals surface area contributed by atoms with Crippen LogP contribution in [0, 0.1) is 5.92 Å². The SMILES string of the molecule is CCC(C)[C@H](c1cccnc1N)N1CCNCC1. The summed E-state index contributed by atoms with van der Waals surface area (Å²) in [5.74, 6) is 1.27. The molecular formula is C14H24N4. The van der Waals surface area contributed by atoms with Crippen molar-refractivity contribution in [3.8, 4) is 0 Å². The average molecular weight is 248 g/mol. The summed E-state index contributed by atoms with van der Waals surface area (Å²) >= 11 is 0. The number of nitrogens with one attached hydrogen (secondary N) is 1. The van der Waals surface area contributed by atoms with E-state index in [2.05, 4.69) is 35.1 Å². The minimum absolute atomic E-state index is 0.394. The van der Waals surface area contributed by atoms with Gasteiger partial charge in [0.25, 0.3) is 0 Å². The number of hydrogen-bond donors (Lipinski definition) is 2. The van der Waals surface area contributed by atoms with E-state index in [9.17, 15) is 0 Å². The third-order valence-electron chi connectivity index (χ3n) is 3.92. The van der Waals surface area contributed by atoms with Gasteiger partial charge in [0.05, 0.1) is 0 Å². The summed E-state index contributed by atoms with van der Waals surface area (Å²) in [5.41, 5.74) is 7.26. The standard InChI is InChI=1S/C14H24N4/c1-3-11(2)13(18-9-7-16-8-10-18)12-5-4-6-17-14(12)15/h4-6,11,13,16H,3,7-10H2,1-2H3,(H2,15,17)/t11?,13-/m1/s1. The Balaban J connectivity index is 2.27. The molecule has 100 valence electrons. The van der Waals surface area contributed by atoms with E-state index >= 15 is 0 Å². The van der Waals surface area contributed by atoms with Gasteiger partial charge in [0.15, 0.2) is 0 Å². The Morgan fingerprint density at radius 1 is 1.44 bits per heavy atom. The number of pyridine rings is 1. The second-order valence-electron chi connectivity index (χ2n) is 5.09. The van der Waals surface area contributed by atoms with E-state index in [-0.39, 0.29) is 0 Å². The molecular weight excluding hydrogens is 224 g/mol. The fraction of sp³-hybridized carbons (Fsp3) is 0.643. The fourth-order valence-electron chi connectivity index (χ4n) is 2.73. The predicted molar refractivity (Wildman–Crippen MR) is 75.3 cm³/mol. The molecule has 0 radical (unpaired) electrons. The van der Waals surface area contributed by atoms with Gasteiger partial charge in [-0.05, 0) is 12.0 Å². The molecule has 0 saturated carbocycles. The van der Waals surface area contributed by atoms with Crippen molar-refractivity contribution in [2.45, 2.75) is 26.3 Å². The zero-order valence-corrected chi connectivity index (χ0v) is 11.4. The third-order valence-corrected chi connectivity index (χ3v) is 3.92. The van der Waals surface area contributed by atoms with Crippen molar-refractivity contribution in [1.29, 1.82) is 0 Å². The lowest BCUT2D eigenvalue weighted by atomic mass is 9.91. The molecule has 1 fully saturated rings. The largest absolute Gasteiger partial charge is 0.383 e. The first-order chi connectivity index (χ1) is 8.74. The number of nitrogens with zero attached hydrogens (tertiary/aromatic N) is 2. The molecule has 4 nitrogen and oxygen atoms in total. The number of nitrogen functional groups attached to an aromatic ring is 1. The van der Waals surface area contributed by atoms with Crippen LogP contribution >= 0.6 is 0 Å². The maximum absolute atomic E-state index is 6.07. The second-order valence-corrected chi connectivity index (χ2v) is 5.09. The van der Waals surface area contributed by atoms with Crippen molar-refractivity contribution in [3.05, 3.63) is 23.9 Å². The van der Waals surface area contributed by atoms with Gasteiger partial charge >= 0.3 is 0 Å². The molecule has 1 aliphatic rings. The molecule has 0 spiro atoms. The Labute approximate surface area is 110 Å². The lowest BCUT2D eigenvalue weighted by molar-refractivity contribution is 0.129. The summed E-state index contributed by atoms with van der Waals surface area (Å²) in [5, 5.41) is 3.40. The van der Waals surface area contributed by atoms with Gasteiger partial charge < -0.3 is 11.1 Å². The molecule has 0 amide bonds. The van der Waals surface area contributed by atoms with E-state index in [0.717, 1.165) is 32.6 Å². The molecule has 0 bridgehead atoms. The average Bonchev–Trinajstić information content (AvgIpc) is 2.42. The van der Waals surface area contributed by atoms with Crippen LogP contribution in [0.4, 0.5) is 5.82 Å². The Kier molecular flexibility index (Phi) is 4.55. The molecule has 1 aromatic heterocycles. The summed E-state index contributed by atoms with van der Waals surface area (Å²) in [6.07, 6.45) is 2.92. The summed E-state index contributed by atoms with van der Waals surface area (Å²) in [6, 6.07) is 4.51. The van der Waals surface area contributed by atoms with Crippen molar-refractivity contribution in [2.75, 3.05) is 31.9 Å². The minimum atomic E-state index is 0.394. The second kappa shape index (κ2) is 6.16. The molecule has 2 atom stereocenters. The van der Waals surface area contributed by atoms with Gasteiger partial charge in [0.1, 0.15) is 5.82 Å². The van der Waals surface area contributed by atoms with E-state index in [0.29, 0.717) is 17.8 Å². The highest BCUT2D eigenvalue weighted by Crippen LogP contribution is 2.33. The molecule has 1 saturated heterocycles. The topological polar surface area (TPSA) is 54.2 Å². The van der Waals surface area contributed by atoms with Crippen LogP contribution in [0.1, 0.15) is 31.9 Å². The van der Waals surface area contributed by atoms with E-state index in [4.69, 9.17) is 5.73 Å².